The van der Waals surface area contributed by atoms with E-state index in [0.717, 1.165) is 12.0 Å². The van der Waals surface area contributed by atoms with Crippen molar-refractivity contribution in [1.29, 1.82) is 0 Å². The summed E-state index contributed by atoms with van der Waals surface area (Å²) in [4.78, 5) is 12.1. The standard InChI is InChI=1S/C16H23NO4/c1-3-20-15(19)16(17-2)9-8-13(10-16)21-14-7-5-4-6-12(14)11-18/h4-7,13,17-18H,3,8-11H2,1-2H3. The Bertz CT molecular complexity index is 491. The number of para-hydroxylation sites is 1. The fraction of sp³-hybridized carbons (Fsp3) is 0.562. The molecular weight excluding hydrogens is 270 g/mol. The predicted octanol–water partition coefficient (Wildman–Crippen LogP) is 1.63. The molecule has 5 nitrogen and oxygen atoms in total. The first-order valence-electron chi connectivity index (χ1n) is 7.36. The molecular formula is C16H23NO4. The molecule has 2 N–H and O–H groups in total. The average molecular weight is 293 g/mol. The van der Waals surface area contributed by atoms with E-state index < -0.39 is 5.54 Å². The second kappa shape index (κ2) is 6.91. The van der Waals surface area contributed by atoms with Crippen molar-refractivity contribution in [1.82, 2.24) is 5.32 Å². The van der Waals surface area contributed by atoms with Gasteiger partial charge in [0, 0.05) is 12.0 Å². The first-order valence-corrected chi connectivity index (χ1v) is 7.36. The Morgan fingerprint density at radius 3 is 2.90 bits per heavy atom. The number of ether oxygens (including phenoxy) is 2. The minimum Gasteiger partial charge on any atom is -0.490 e. The Labute approximate surface area is 125 Å². The molecule has 1 aliphatic rings. The summed E-state index contributed by atoms with van der Waals surface area (Å²) in [5.41, 5.74) is 0.102. The maximum atomic E-state index is 12.1. The fourth-order valence-corrected chi connectivity index (χ4v) is 2.81. The molecule has 0 aliphatic heterocycles. The largest absolute Gasteiger partial charge is 0.490 e. The molecule has 0 saturated heterocycles. The van der Waals surface area contributed by atoms with Gasteiger partial charge >= 0.3 is 5.97 Å². The van der Waals surface area contributed by atoms with Gasteiger partial charge in [0.05, 0.1) is 13.2 Å². The molecule has 0 aromatic heterocycles. The average Bonchev–Trinajstić information content (AvgIpc) is 2.93. The number of aliphatic hydroxyl groups excluding tert-OH is 1. The van der Waals surface area contributed by atoms with Crippen LogP contribution >= 0.6 is 0 Å². The van der Waals surface area contributed by atoms with E-state index in [1.807, 2.05) is 31.2 Å². The minimum atomic E-state index is -0.658. The quantitative estimate of drug-likeness (QED) is 0.780. The molecule has 1 fully saturated rings. The van der Waals surface area contributed by atoms with Gasteiger partial charge in [-0.2, -0.15) is 0 Å². The monoisotopic (exact) mass is 293 g/mol. The summed E-state index contributed by atoms with van der Waals surface area (Å²) in [5.74, 6) is 0.467. The second-order valence-electron chi connectivity index (χ2n) is 5.30. The van der Waals surface area contributed by atoms with Gasteiger partial charge in [-0.1, -0.05) is 18.2 Å². The van der Waals surface area contributed by atoms with Gasteiger partial charge in [-0.05, 0) is 32.9 Å². The van der Waals surface area contributed by atoms with Crippen LogP contribution in [0.5, 0.6) is 5.75 Å². The van der Waals surface area contributed by atoms with E-state index in [4.69, 9.17) is 9.47 Å². The third-order valence-corrected chi connectivity index (χ3v) is 4.05. The lowest BCUT2D eigenvalue weighted by molar-refractivity contribution is -0.151. The summed E-state index contributed by atoms with van der Waals surface area (Å²) in [5, 5.41) is 12.4. The van der Waals surface area contributed by atoms with Gasteiger partial charge in [-0.15, -0.1) is 0 Å². The van der Waals surface area contributed by atoms with Crippen LogP contribution in [-0.2, 0) is 16.1 Å². The normalized spacial score (nSPS) is 24.8. The topological polar surface area (TPSA) is 67.8 Å². The zero-order valence-corrected chi connectivity index (χ0v) is 12.6. The molecule has 2 atom stereocenters. The molecule has 5 heteroatoms. The van der Waals surface area contributed by atoms with Crippen LogP contribution in [0.15, 0.2) is 24.3 Å². The molecule has 1 aromatic carbocycles. The molecule has 1 aromatic rings. The van der Waals surface area contributed by atoms with Crippen LogP contribution in [0.1, 0.15) is 31.7 Å². The van der Waals surface area contributed by atoms with Crippen LogP contribution < -0.4 is 10.1 Å². The number of aliphatic hydroxyl groups is 1. The highest BCUT2D eigenvalue weighted by molar-refractivity contribution is 5.81. The van der Waals surface area contributed by atoms with Crippen LogP contribution in [-0.4, -0.2) is 36.4 Å². The molecule has 0 amide bonds. The summed E-state index contributed by atoms with van der Waals surface area (Å²) >= 11 is 0. The Morgan fingerprint density at radius 2 is 2.24 bits per heavy atom. The number of nitrogens with one attached hydrogen (secondary N) is 1. The number of carbonyl (C=O) groups excluding carboxylic acids is 1. The number of esters is 1. The van der Waals surface area contributed by atoms with E-state index in [1.165, 1.54) is 0 Å². The van der Waals surface area contributed by atoms with Gasteiger partial charge in [0.1, 0.15) is 17.4 Å². The first-order chi connectivity index (χ1) is 10.1. The minimum absolute atomic E-state index is 0.0576. The molecule has 1 saturated carbocycles. The van der Waals surface area contributed by atoms with Gasteiger partial charge in [0.25, 0.3) is 0 Å². The maximum absolute atomic E-state index is 12.1. The number of rotatable bonds is 6. The first kappa shape index (κ1) is 15.8. The SMILES string of the molecule is CCOC(=O)C1(NC)CCC(Oc2ccccc2CO)C1. The summed E-state index contributed by atoms with van der Waals surface area (Å²) in [6, 6.07) is 7.42. The molecule has 116 valence electrons. The number of likely N-dealkylation sites (N-methyl/N-ethyl adjacent to an activating group) is 1. The highest BCUT2D eigenvalue weighted by Gasteiger charge is 2.46. The third-order valence-electron chi connectivity index (χ3n) is 4.05. The third kappa shape index (κ3) is 3.36. The van der Waals surface area contributed by atoms with Gasteiger partial charge in [0.2, 0.25) is 0 Å². The van der Waals surface area contributed by atoms with Crippen molar-refractivity contribution < 1.29 is 19.4 Å². The molecule has 21 heavy (non-hydrogen) atoms. The van der Waals surface area contributed by atoms with Crippen molar-refractivity contribution in [3.8, 4) is 5.75 Å². The highest BCUT2D eigenvalue weighted by atomic mass is 16.5. The predicted molar refractivity (Wildman–Crippen MR) is 79.1 cm³/mol. The van der Waals surface area contributed by atoms with E-state index >= 15 is 0 Å². The van der Waals surface area contributed by atoms with Crippen LogP contribution in [0, 0.1) is 0 Å². The van der Waals surface area contributed by atoms with E-state index in [-0.39, 0.29) is 18.7 Å². The van der Waals surface area contributed by atoms with Crippen LogP contribution in [0.4, 0.5) is 0 Å². The smallest absolute Gasteiger partial charge is 0.326 e. The molecule has 1 aliphatic carbocycles. The zero-order chi connectivity index (χ0) is 15.3. The molecule has 0 spiro atoms. The number of hydrogen-bond acceptors (Lipinski definition) is 5. The Hall–Kier alpha value is -1.59. The van der Waals surface area contributed by atoms with E-state index in [9.17, 15) is 9.90 Å². The number of hydrogen-bond donors (Lipinski definition) is 2. The highest BCUT2D eigenvalue weighted by Crippen LogP contribution is 2.34. The number of benzene rings is 1. The van der Waals surface area contributed by atoms with E-state index in [0.29, 0.717) is 25.2 Å². The second-order valence-corrected chi connectivity index (χ2v) is 5.30. The number of carbonyl (C=O) groups is 1. The van der Waals surface area contributed by atoms with Crippen molar-refractivity contribution >= 4 is 5.97 Å². The van der Waals surface area contributed by atoms with Crippen molar-refractivity contribution in [2.45, 2.75) is 44.4 Å². The van der Waals surface area contributed by atoms with E-state index in [1.54, 1.807) is 7.05 Å². The lowest BCUT2D eigenvalue weighted by Crippen LogP contribution is -2.49. The summed E-state index contributed by atoms with van der Waals surface area (Å²) in [6.07, 6.45) is 1.98. The molecule has 0 heterocycles. The van der Waals surface area contributed by atoms with E-state index in [2.05, 4.69) is 5.32 Å². The van der Waals surface area contributed by atoms with Gasteiger partial charge in [-0.25, -0.2) is 0 Å². The van der Waals surface area contributed by atoms with Crippen molar-refractivity contribution in [2.75, 3.05) is 13.7 Å². The Kier molecular flexibility index (Phi) is 5.20. The summed E-state index contributed by atoms with van der Waals surface area (Å²) in [7, 11) is 1.78. The van der Waals surface area contributed by atoms with Gasteiger partial charge in [0.15, 0.2) is 0 Å². The molecule has 0 radical (unpaired) electrons. The van der Waals surface area contributed by atoms with Crippen LogP contribution in [0.2, 0.25) is 0 Å². The Morgan fingerprint density at radius 1 is 1.48 bits per heavy atom. The molecule has 2 rings (SSSR count). The van der Waals surface area contributed by atoms with Crippen molar-refractivity contribution in [2.24, 2.45) is 0 Å². The lowest BCUT2D eigenvalue weighted by atomic mass is 9.98. The molecule has 0 bridgehead atoms. The van der Waals surface area contributed by atoms with Crippen molar-refractivity contribution in [3.05, 3.63) is 29.8 Å². The maximum Gasteiger partial charge on any atom is 0.326 e. The molecule has 2 unspecified atom stereocenters. The van der Waals surface area contributed by atoms with Crippen molar-refractivity contribution in [3.63, 3.8) is 0 Å². The van der Waals surface area contributed by atoms with Crippen LogP contribution in [0.3, 0.4) is 0 Å². The van der Waals surface area contributed by atoms with Gasteiger partial charge < -0.3 is 19.9 Å². The Balaban J connectivity index is 2.06. The lowest BCUT2D eigenvalue weighted by Gasteiger charge is -2.26. The van der Waals surface area contributed by atoms with Crippen LogP contribution in [0.25, 0.3) is 0 Å². The fourth-order valence-electron chi connectivity index (χ4n) is 2.81. The summed E-state index contributed by atoms with van der Waals surface area (Å²) < 4.78 is 11.1. The van der Waals surface area contributed by atoms with Gasteiger partial charge in [-0.3, -0.25) is 4.79 Å². The summed E-state index contributed by atoms with van der Waals surface area (Å²) in [6.45, 7) is 2.13. The zero-order valence-electron chi connectivity index (χ0n) is 12.6.